The number of nitrogen functional groups attached to an aromatic ring is 1. The van der Waals surface area contributed by atoms with Crippen LogP contribution < -0.4 is 11.4 Å². The number of rotatable bonds is 1. The molecular weight excluding hydrogens is 178 g/mol. The van der Waals surface area contributed by atoms with Gasteiger partial charge in [0.15, 0.2) is 0 Å². The Labute approximate surface area is 80.6 Å². The summed E-state index contributed by atoms with van der Waals surface area (Å²) in [6.07, 6.45) is 2.91. The summed E-state index contributed by atoms with van der Waals surface area (Å²) in [6.45, 7) is 0. The number of para-hydroxylation sites is 1. The van der Waals surface area contributed by atoms with Crippen molar-refractivity contribution in [3.8, 4) is 5.69 Å². The summed E-state index contributed by atoms with van der Waals surface area (Å²) in [6, 6.07) is 9.23. The third-order valence-corrected chi connectivity index (χ3v) is 1.84. The number of nitrogens with two attached hydrogens (primary N) is 1. The minimum absolute atomic E-state index is 0.328. The van der Waals surface area contributed by atoms with Gasteiger partial charge in [-0.15, -0.1) is 0 Å². The fraction of sp³-hybridized carbons (Fsp3) is 0. The molecule has 14 heavy (non-hydrogen) atoms. The highest BCUT2D eigenvalue weighted by Crippen LogP contribution is 2.04. The Morgan fingerprint density at radius 3 is 2.64 bits per heavy atom. The highest BCUT2D eigenvalue weighted by Gasteiger charge is 1.98. The van der Waals surface area contributed by atoms with E-state index in [-0.39, 0.29) is 5.69 Å². The van der Waals surface area contributed by atoms with Crippen molar-refractivity contribution in [2.45, 2.75) is 0 Å². The van der Waals surface area contributed by atoms with Crippen LogP contribution in [-0.2, 0) is 0 Å². The van der Waals surface area contributed by atoms with Crippen LogP contribution in [0.15, 0.2) is 47.5 Å². The van der Waals surface area contributed by atoms with Crippen LogP contribution in [0.1, 0.15) is 0 Å². The monoisotopic (exact) mass is 187 g/mol. The standard InChI is InChI=1S/C10H9N3O/c11-8-6-12-10(14)13(7-8)9-4-2-1-3-5-9/h1-7H,11H2. The molecule has 0 atom stereocenters. The first kappa shape index (κ1) is 8.50. The first-order valence-corrected chi connectivity index (χ1v) is 4.17. The zero-order chi connectivity index (χ0) is 9.97. The zero-order valence-electron chi connectivity index (χ0n) is 7.42. The van der Waals surface area contributed by atoms with E-state index >= 15 is 0 Å². The molecule has 1 heterocycles. The van der Waals surface area contributed by atoms with Gasteiger partial charge in [0.1, 0.15) is 0 Å². The summed E-state index contributed by atoms with van der Waals surface area (Å²) in [7, 11) is 0. The molecule has 1 aromatic carbocycles. The quantitative estimate of drug-likeness (QED) is 0.718. The second-order valence-corrected chi connectivity index (χ2v) is 2.88. The maximum atomic E-state index is 11.4. The summed E-state index contributed by atoms with van der Waals surface area (Å²) >= 11 is 0. The van der Waals surface area contributed by atoms with E-state index < -0.39 is 0 Å². The smallest absolute Gasteiger partial charge is 0.352 e. The number of hydrogen-bond acceptors (Lipinski definition) is 3. The summed E-state index contributed by atoms with van der Waals surface area (Å²) in [5.41, 5.74) is 6.44. The summed E-state index contributed by atoms with van der Waals surface area (Å²) < 4.78 is 1.41. The first-order chi connectivity index (χ1) is 6.77. The molecule has 2 N–H and O–H groups in total. The molecule has 4 nitrogen and oxygen atoms in total. The van der Waals surface area contributed by atoms with Crippen LogP contribution in [0, 0.1) is 0 Å². The van der Waals surface area contributed by atoms with Crippen molar-refractivity contribution in [3.63, 3.8) is 0 Å². The Bertz CT molecular complexity index is 490. The molecule has 2 rings (SSSR count). The highest BCUT2D eigenvalue weighted by molar-refractivity contribution is 5.37. The van der Waals surface area contributed by atoms with Crippen molar-refractivity contribution >= 4 is 5.69 Å². The fourth-order valence-corrected chi connectivity index (χ4v) is 1.20. The van der Waals surface area contributed by atoms with Gasteiger partial charge in [-0.05, 0) is 12.1 Å². The van der Waals surface area contributed by atoms with Crippen molar-refractivity contribution in [2.24, 2.45) is 0 Å². The topological polar surface area (TPSA) is 60.9 Å². The van der Waals surface area contributed by atoms with Crippen molar-refractivity contribution in [1.82, 2.24) is 9.55 Å². The van der Waals surface area contributed by atoms with Gasteiger partial charge in [-0.25, -0.2) is 4.79 Å². The molecule has 0 saturated carbocycles. The lowest BCUT2D eigenvalue weighted by Gasteiger charge is -2.04. The van der Waals surface area contributed by atoms with Crippen LogP contribution >= 0.6 is 0 Å². The molecule has 0 bridgehead atoms. The van der Waals surface area contributed by atoms with Crippen LogP contribution in [0.25, 0.3) is 5.69 Å². The van der Waals surface area contributed by atoms with Crippen LogP contribution in [0.5, 0.6) is 0 Å². The number of benzene rings is 1. The SMILES string of the molecule is Nc1cnc(=O)n(-c2ccccc2)c1. The van der Waals surface area contributed by atoms with E-state index in [1.165, 1.54) is 10.8 Å². The summed E-state index contributed by atoms with van der Waals surface area (Å²) in [4.78, 5) is 15.0. The largest absolute Gasteiger partial charge is 0.396 e. The van der Waals surface area contributed by atoms with Gasteiger partial charge in [0.2, 0.25) is 0 Å². The van der Waals surface area contributed by atoms with Crippen molar-refractivity contribution in [1.29, 1.82) is 0 Å². The van der Waals surface area contributed by atoms with Crippen LogP contribution in [-0.4, -0.2) is 9.55 Å². The lowest BCUT2D eigenvalue weighted by Crippen LogP contribution is -2.20. The molecule has 0 spiro atoms. The molecule has 4 heteroatoms. The fourth-order valence-electron chi connectivity index (χ4n) is 1.20. The van der Waals surface area contributed by atoms with Gasteiger partial charge in [-0.3, -0.25) is 4.57 Å². The summed E-state index contributed by atoms with van der Waals surface area (Å²) in [5.74, 6) is 0. The Hall–Kier alpha value is -2.10. The minimum atomic E-state index is -0.328. The molecule has 0 radical (unpaired) electrons. The number of aromatic nitrogens is 2. The zero-order valence-corrected chi connectivity index (χ0v) is 7.42. The molecule has 0 unspecified atom stereocenters. The van der Waals surface area contributed by atoms with Crippen molar-refractivity contribution in [2.75, 3.05) is 5.73 Å². The molecule has 70 valence electrons. The predicted molar refractivity (Wildman–Crippen MR) is 54.2 cm³/mol. The lowest BCUT2D eigenvalue weighted by molar-refractivity contribution is 0.918. The predicted octanol–water partition coefficient (Wildman–Crippen LogP) is 0.815. The van der Waals surface area contributed by atoms with Gasteiger partial charge in [-0.2, -0.15) is 4.98 Å². The number of hydrogen-bond donors (Lipinski definition) is 1. The van der Waals surface area contributed by atoms with E-state index in [2.05, 4.69) is 4.98 Å². The Balaban J connectivity index is 2.63. The van der Waals surface area contributed by atoms with Gasteiger partial charge < -0.3 is 5.73 Å². The maximum absolute atomic E-state index is 11.4. The van der Waals surface area contributed by atoms with Crippen LogP contribution in [0.3, 0.4) is 0 Å². The third-order valence-electron chi connectivity index (χ3n) is 1.84. The Kier molecular flexibility index (Phi) is 2.02. The number of anilines is 1. The minimum Gasteiger partial charge on any atom is -0.396 e. The van der Waals surface area contributed by atoms with Crippen molar-refractivity contribution < 1.29 is 0 Å². The molecule has 0 aliphatic rings. The molecule has 1 aromatic heterocycles. The Morgan fingerprint density at radius 2 is 1.93 bits per heavy atom. The van der Waals surface area contributed by atoms with Crippen molar-refractivity contribution in [3.05, 3.63) is 53.2 Å². The van der Waals surface area contributed by atoms with Crippen LogP contribution in [0.4, 0.5) is 5.69 Å². The van der Waals surface area contributed by atoms with Gasteiger partial charge in [0.25, 0.3) is 0 Å². The molecular formula is C10H9N3O. The average Bonchev–Trinajstić information content (AvgIpc) is 2.23. The van der Waals surface area contributed by atoms with Gasteiger partial charge in [0.05, 0.1) is 17.6 Å². The van der Waals surface area contributed by atoms with E-state index in [0.29, 0.717) is 5.69 Å². The molecule has 0 amide bonds. The molecule has 0 saturated heterocycles. The molecule has 0 aliphatic heterocycles. The second-order valence-electron chi connectivity index (χ2n) is 2.88. The van der Waals surface area contributed by atoms with Gasteiger partial charge in [0, 0.05) is 6.20 Å². The third kappa shape index (κ3) is 1.50. The average molecular weight is 187 g/mol. The maximum Gasteiger partial charge on any atom is 0.352 e. The second kappa shape index (κ2) is 3.33. The highest BCUT2D eigenvalue weighted by atomic mass is 16.1. The lowest BCUT2D eigenvalue weighted by atomic mass is 10.3. The molecule has 0 aliphatic carbocycles. The summed E-state index contributed by atoms with van der Waals surface area (Å²) in [5, 5.41) is 0. The van der Waals surface area contributed by atoms with Crippen LogP contribution in [0.2, 0.25) is 0 Å². The van der Waals surface area contributed by atoms with E-state index in [1.807, 2.05) is 30.3 Å². The van der Waals surface area contributed by atoms with E-state index in [4.69, 9.17) is 5.73 Å². The van der Waals surface area contributed by atoms with E-state index in [0.717, 1.165) is 5.69 Å². The Morgan fingerprint density at radius 1 is 1.21 bits per heavy atom. The first-order valence-electron chi connectivity index (χ1n) is 4.17. The van der Waals surface area contributed by atoms with E-state index in [1.54, 1.807) is 6.20 Å². The number of nitrogens with zero attached hydrogens (tertiary/aromatic N) is 2. The van der Waals surface area contributed by atoms with Gasteiger partial charge >= 0.3 is 5.69 Å². The van der Waals surface area contributed by atoms with Gasteiger partial charge in [-0.1, -0.05) is 18.2 Å². The normalized spacial score (nSPS) is 10.0. The molecule has 0 fully saturated rings. The van der Waals surface area contributed by atoms with E-state index in [9.17, 15) is 4.79 Å². The molecule has 2 aromatic rings.